The first-order valence-corrected chi connectivity index (χ1v) is 7.84. The van der Waals surface area contributed by atoms with Gasteiger partial charge in [-0.25, -0.2) is 9.18 Å². The Labute approximate surface area is 152 Å². The first kappa shape index (κ1) is 18.5. The molecule has 0 saturated heterocycles. The summed E-state index contributed by atoms with van der Waals surface area (Å²) in [6, 6.07) is 8.28. The largest absolute Gasteiger partial charge is 0.449 e. The lowest BCUT2D eigenvalue weighted by Gasteiger charge is -2.15. The normalized spacial score (nSPS) is 11.7. The van der Waals surface area contributed by atoms with E-state index in [1.807, 2.05) is 0 Å². The van der Waals surface area contributed by atoms with Crippen LogP contribution in [0.5, 0.6) is 0 Å². The Bertz CT molecular complexity index is 778. The molecular formula is C16H11Cl3FNO3. The van der Waals surface area contributed by atoms with Crippen LogP contribution in [0.1, 0.15) is 17.3 Å². The van der Waals surface area contributed by atoms with Gasteiger partial charge in [0.2, 0.25) is 0 Å². The summed E-state index contributed by atoms with van der Waals surface area (Å²) < 4.78 is 18.6. The Morgan fingerprint density at radius 3 is 2.50 bits per heavy atom. The molecule has 2 aromatic carbocycles. The molecule has 0 bridgehead atoms. The number of amides is 1. The van der Waals surface area contributed by atoms with Crippen LogP contribution >= 0.6 is 34.8 Å². The SMILES string of the molecule is CC(OC(=O)c1c(F)cccc1Cl)C(=O)Nc1cc(Cl)ccc1Cl. The van der Waals surface area contributed by atoms with Crippen LogP contribution in [-0.2, 0) is 9.53 Å². The van der Waals surface area contributed by atoms with Crippen molar-refractivity contribution in [3.63, 3.8) is 0 Å². The number of carbonyl (C=O) groups excluding carboxylic acids is 2. The Morgan fingerprint density at radius 2 is 1.83 bits per heavy atom. The molecule has 4 nitrogen and oxygen atoms in total. The molecule has 0 radical (unpaired) electrons. The van der Waals surface area contributed by atoms with Crippen molar-refractivity contribution >= 4 is 52.4 Å². The summed E-state index contributed by atoms with van der Waals surface area (Å²) in [6.45, 7) is 1.33. The van der Waals surface area contributed by atoms with E-state index >= 15 is 0 Å². The van der Waals surface area contributed by atoms with Crippen molar-refractivity contribution in [3.8, 4) is 0 Å². The fourth-order valence-electron chi connectivity index (χ4n) is 1.79. The second kappa shape index (κ2) is 7.83. The zero-order valence-corrected chi connectivity index (χ0v) is 14.5. The van der Waals surface area contributed by atoms with Gasteiger partial charge in [-0.3, -0.25) is 4.79 Å². The highest BCUT2D eigenvalue weighted by Crippen LogP contribution is 2.26. The quantitative estimate of drug-likeness (QED) is 0.750. The topological polar surface area (TPSA) is 55.4 Å². The molecule has 1 amide bonds. The van der Waals surface area contributed by atoms with Gasteiger partial charge in [0.05, 0.1) is 15.7 Å². The number of nitrogens with one attached hydrogen (secondary N) is 1. The van der Waals surface area contributed by atoms with Crippen molar-refractivity contribution < 1.29 is 18.7 Å². The maximum atomic E-state index is 13.7. The fourth-order valence-corrected chi connectivity index (χ4v) is 2.37. The van der Waals surface area contributed by atoms with Crippen molar-refractivity contribution in [3.05, 3.63) is 62.8 Å². The summed E-state index contributed by atoms with van der Waals surface area (Å²) in [6.07, 6.45) is -1.21. The van der Waals surface area contributed by atoms with Crippen LogP contribution in [0, 0.1) is 5.82 Å². The predicted molar refractivity (Wildman–Crippen MR) is 91.4 cm³/mol. The maximum Gasteiger partial charge on any atom is 0.343 e. The molecule has 0 aliphatic heterocycles. The predicted octanol–water partition coefficient (Wildman–Crippen LogP) is 4.97. The van der Waals surface area contributed by atoms with Crippen LogP contribution in [0.3, 0.4) is 0 Å². The molecule has 2 aromatic rings. The minimum absolute atomic E-state index is 0.106. The van der Waals surface area contributed by atoms with Gasteiger partial charge in [0.25, 0.3) is 5.91 Å². The van der Waals surface area contributed by atoms with Crippen molar-refractivity contribution in [2.24, 2.45) is 0 Å². The van der Waals surface area contributed by atoms with Crippen LogP contribution in [0.2, 0.25) is 15.1 Å². The highest BCUT2D eigenvalue weighted by Gasteiger charge is 2.23. The molecule has 0 aromatic heterocycles. The third kappa shape index (κ3) is 4.38. The van der Waals surface area contributed by atoms with Gasteiger partial charge < -0.3 is 10.1 Å². The average Bonchev–Trinajstić information content (AvgIpc) is 2.50. The Morgan fingerprint density at radius 1 is 1.12 bits per heavy atom. The maximum absolute atomic E-state index is 13.7. The summed E-state index contributed by atoms with van der Waals surface area (Å²) >= 11 is 17.5. The van der Waals surface area contributed by atoms with Crippen molar-refractivity contribution in [2.75, 3.05) is 5.32 Å². The van der Waals surface area contributed by atoms with Gasteiger partial charge in [-0.15, -0.1) is 0 Å². The van der Waals surface area contributed by atoms with E-state index in [0.717, 1.165) is 6.07 Å². The van der Waals surface area contributed by atoms with Crippen molar-refractivity contribution in [1.82, 2.24) is 0 Å². The van der Waals surface area contributed by atoms with Gasteiger partial charge in [-0.2, -0.15) is 0 Å². The number of esters is 1. The second-order valence-corrected chi connectivity index (χ2v) is 6.01. The third-order valence-electron chi connectivity index (χ3n) is 3.01. The Balaban J connectivity index is 2.09. The van der Waals surface area contributed by atoms with E-state index in [9.17, 15) is 14.0 Å². The summed E-state index contributed by atoms with van der Waals surface area (Å²) in [7, 11) is 0. The molecule has 0 heterocycles. The number of anilines is 1. The van der Waals surface area contributed by atoms with Gasteiger partial charge in [-0.05, 0) is 37.3 Å². The van der Waals surface area contributed by atoms with E-state index in [4.69, 9.17) is 39.5 Å². The van der Waals surface area contributed by atoms with Gasteiger partial charge >= 0.3 is 5.97 Å². The molecule has 0 aliphatic rings. The fraction of sp³-hybridized carbons (Fsp3) is 0.125. The molecule has 1 unspecified atom stereocenters. The van der Waals surface area contributed by atoms with Gasteiger partial charge in [0, 0.05) is 5.02 Å². The molecule has 24 heavy (non-hydrogen) atoms. The molecule has 0 aliphatic carbocycles. The molecule has 1 N–H and O–H groups in total. The molecule has 126 valence electrons. The number of hydrogen-bond donors (Lipinski definition) is 1. The summed E-state index contributed by atoms with van der Waals surface area (Å²) in [4.78, 5) is 24.1. The van der Waals surface area contributed by atoms with Gasteiger partial charge in [-0.1, -0.05) is 40.9 Å². The zero-order valence-electron chi connectivity index (χ0n) is 12.3. The molecule has 0 saturated carbocycles. The zero-order chi connectivity index (χ0) is 17.9. The lowest BCUT2D eigenvalue weighted by Crippen LogP contribution is -2.30. The molecule has 8 heteroatoms. The molecular weight excluding hydrogens is 380 g/mol. The van der Waals surface area contributed by atoms with E-state index in [-0.39, 0.29) is 15.7 Å². The van der Waals surface area contributed by atoms with E-state index in [1.54, 1.807) is 6.07 Å². The molecule has 2 rings (SSSR count). The summed E-state index contributed by atoms with van der Waals surface area (Å²) in [5.74, 6) is -2.53. The number of ether oxygens (including phenoxy) is 1. The first-order valence-electron chi connectivity index (χ1n) is 6.70. The van der Waals surface area contributed by atoms with Crippen LogP contribution in [0.25, 0.3) is 0 Å². The van der Waals surface area contributed by atoms with Crippen LogP contribution in [0.15, 0.2) is 36.4 Å². The number of hydrogen-bond acceptors (Lipinski definition) is 3. The van der Waals surface area contributed by atoms with Crippen LogP contribution in [-0.4, -0.2) is 18.0 Å². The number of carbonyl (C=O) groups is 2. The lowest BCUT2D eigenvalue weighted by molar-refractivity contribution is -0.123. The summed E-state index contributed by atoms with van der Waals surface area (Å²) in [5, 5.41) is 3.01. The van der Waals surface area contributed by atoms with E-state index in [1.165, 1.54) is 31.2 Å². The lowest BCUT2D eigenvalue weighted by atomic mass is 10.2. The number of rotatable bonds is 4. The van der Waals surface area contributed by atoms with Crippen LogP contribution in [0.4, 0.5) is 10.1 Å². The van der Waals surface area contributed by atoms with E-state index in [0.29, 0.717) is 5.02 Å². The molecule has 0 spiro atoms. The highest BCUT2D eigenvalue weighted by molar-refractivity contribution is 6.35. The average molecular weight is 391 g/mol. The monoisotopic (exact) mass is 389 g/mol. The minimum Gasteiger partial charge on any atom is -0.449 e. The molecule has 1 atom stereocenters. The van der Waals surface area contributed by atoms with E-state index < -0.39 is 29.4 Å². The third-order valence-corrected chi connectivity index (χ3v) is 3.89. The van der Waals surface area contributed by atoms with Crippen LogP contribution < -0.4 is 5.32 Å². The minimum atomic E-state index is -1.21. The van der Waals surface area contributed by atoms with E-state index in [2.05, 4.69) is 5.32 Å². The van der Waals surface area contributed by atoms with Gasteiger partial charge in [0.1, 0.15) is 11.4 Å². The Kier molecular flexibility index (Phi) is 6.04. The van der Waals surface area contributed by atoms with Crippen molar-refractivity contribution in [2.45, 2.75) is 13.0 Å². The number of halogens is 4. The second-order valence-electron chi connectivity index (χ2n) is 4.76. The molecule has 0 fully saturated rings. The highest BCUT2D eigenvalue weighted by atomic mass is 35.5. The Hall–Kier alpha value is -1.82. The standard InChI is InChI=1S/C16H11Cl3FNO3/c1-8(15(22)21-13-7-9(17)5-6-10(13)18)24-16(23)14-11(19)3-2-4-12(14)20/h2-8H,1H3,(H,21,22). The smallest absolute Gasteiger partial charge is 0.343 e. The van der Waals surface area contributed by atoms with Gasteiger partial charge in [0.15, 0.2) is 6.10 Å². The number of benzene rings is 2. The first-order chi connectivity index (χ1) is 11.3. The summed E-state index contributed by atoms with van der Waals surface area (Å²) in [5.41, 5.74) is -0.166. The van der Waals surface area contributed by atoms with Crippen molar-refractivity contribution in [1.29, 1.82) is 0 Å².